The van der Waals surface area contributed by atoms with Gasteiger partial charge >= 0.3 is 0 Å². The molecule has 1 aromatic heterocycles. The molecule has 0 fully saturated rings. The normalized spacial score (nSPS) is 10.7. The third kappa shape index (κ3) is 6.13. The Morgan fingerprint density at radius 2 is 1.71 bits per heavy atom. The Balaban J connectivity index is 2.12. The molecule has 0 saturated heterocycles. The van der Waals surface area contributed by atoms with Crippen molar-refractivity contribution < 1.29 is 9.59 Å². The fourth-order valence-electron chi connectivity index (χ4n) is 3.06. The van der Waals surface area contributed by atoms with Crippen LogP contribution in [0.4, 0.5) is 0 Å². The van der Waals surface area contributed by atoms with Crippen molar-refractivity contribution in [2.24, 2.45) is 7.05 Å². The Hall–Kier alpha value is -2.27. The predicted molar refractivity (Wildman–Crippen MR) is 113 cm³/mol. The molecule has 0 radical (unpaired) electrons. The van der Waals surface area contributed by atoms with Crippen LogP contribution in [0.1, 0.15) is 49.2 Å². The molecule has 2 rings (SSSR count). The van der Waals surface area contributed by atoms with Crippen LogP contribution in [-0.2, 0) is 18.4 Å². The molecule has 0 spiro atoms. The molecule has 0 atom stereocenters. The van der Waals surface area contributed by atoms with Gasteiger partial charge in [0.05, 0.1) is 6.54 Å². The molecule has 152 valence electrons. The molecule has 1 aromatic carbocycles. The summed E-state index contributed by atoms with van der Waals surface area (Å²) in [7, 11) is 1.98. The van der Waals surface area contributed by atoms with E-state index in [0.717, 1.165) is 25.0 Å². The van der Waals surface area contributed by atoms with E-state index in [1.54, 1.807) is 29.2 Å². The second-order valence-electron chi connectivity index (χ2n) is 7.01. The molecule has 5 nitrogen and oxygen atoms in total. The van der Waals surface area contributed by atoms with Crippen molar-refractivity contribution in [2.45, 2.75) is 39.7 Å². The molecule has 2 aromatic rings. The van der Waals surface area contributed by atoms with E-state index >= 15 is 0 Å². The molecule has 0 saturated carbocycles. The predicted octanol–water partition coefficient (Wildman–Crippen LogP) is 4.36. The average Bonchev–Trinajstić information content (AvgIpc) is 3.09. The average molecular weight is 404 g/mol. The van der Waals surface area contributed by atoms with Crippen LogP contribution >= 0.6 is 11.6 Å². The van der Waals surface area contributed by atoms with E-state index < -0.39 is 0 Å². The molecule has 6 heteroatoms. The maximum atomic E-state index is 13.1. The summed E-state index contributed by atoms with van der Waals surface area (Å²) in [5.74, 6) is -0.161. The summed E-state index contributed by atoms with van der Waals surface area (Å²) >= 11 is 5.92. The topological polar surface area (TPSA) is 45.6 Å². The first-order chi connectivity index (χ1) is 13.5. The van der Waals surface area contributed by atoms with Gasteiger partial charge < -0.3 is 14.4 Å². The SMILES string of the molecule is CCCCN(Cc1cccn1C)C(=O)CN(CCC)C(=O)c1ccc(Cl)cc1. The second-order valence-corrected chi connectivity index (χ2v) is 7.45. The summed E-state index contributed by atoms with van der Waals surface area (Å²) in [4.78, 5) is 29.5. The van der Waals surface area contributed by atoms with E-state index in [1.165, 1.54) is 0 Å². The van der Waals surface area contributed by atoms with Crippen LogP contribution in [0.15, 0.2) is 42.6 Å². The maximum Gasteiger partial charge on any atom is 0.254 e. The zero-order valence-electron chi connectivity index (χ0n) is 17.0. The molecule has 0 aliphatic rings. The highest BCUT2D eigenvalue weighted by Gasteiger charge is 2.22. The lowest BCUT2D eigenvalue weighted by molar-refractivity contribution is -0.132. The summed E-state index contributed by atoms with van der Waals surface area (Å²) in [6.45, 7) is 5.99. The largest absolute Gasteiger partial charge is 0.353 e. The van der Waals surface area contributed by atoms with Crippen LogP contribution in [0.25, 0.3) is 0 Å². The van der Waals surface area contributed by atoms with Gasteiger partial charge in [-0.3, -0.25) is 9.59 Å². The lowest BCUT2D eigenvalue weighted by Gasteiger charge is -2.28. The monoisotopic (exact) mass is 403 g/mol. The second kappa shape index (κ2) is 10.9. The minimum atomic E-state index is -0.138. The summed E-state index contributed by atoms with van der Waals surface area (Å²) in [6.07, 6.45) is 4.72. The highest BCUT2D eigenvalue weighted by Crippen LogP contribution is 2.13. The number of hydrogen-bond donors (Lipinski definition) is 0. The van der Waals surface area contributed by atoms with E-state index in [4.69, 9.17) is 11.6 Å². The zero-order valence-corrected chi connectivity index (χ0v) is 17.8. The zero-order chi connectivity index (χ0) is 20.5. The Morgan fingerprint density at radius 1 is 1.00 bits per heavy atom. The first-order valence-corrected chi connectivity index (χ1v) is 10.3. The van der Waals surface area contributed by atoms with Crippen molar-refractivity contribution in [3.63, 3.8) is 0 Å². The van der Waals surface area contributed by atoms with Crippen LogP contribution in [0.2, 0.25) is 5.02 Å². The number of carbonyl (C=O) groups excluding carboxylic acids is 2. The van der Waals surface area contributed by atoms with Gasteiger partial charge in [-0.25, -0.2) is 0 Å². The standard InChI is InChI=1S/C22H30ClN3O2/c1-4-6-15-25(16-20-8-7-14-24(20)3)21(27)17-26(13-5-2)22(28)18-9-11-19(23)12-10-18/h7-12,14H,4-6,13,15-17H2,1-3H3. The molecular weight excluding hydrogens is 374 g/mol. The van der Waals surface area contributed by atoms with Gasteiger partial charge in [0, 0.05) is 42.6 Å². The Morgan fingerprint density at radius 3 is 2.29 bits per heavy atom. The third-order valence-electron chi connectivity index (χ3n) is 4.74. The fourth-order valence-corrected chi connectivity index (χ4v) is 3.18. The number of aromatic nitrogens is 1. The van der Waals surface area contributed by atoms with E-state index in [2.05, 4.69) is 6.92 Å². The lowest BCUT2D eigenvalue weighted by atomic mass is 10.2. The van der Waals surface area contributed by atoms with E-state index in [9.17, 15) is 9.59 Å². The van der Waals surface area contributed by atoms with Crippen molar-refractivity contribution in [2.75, 3.05) is 19.6 Å². The van der Waals surface area contributed by atoms with Gasteiger partial charge in [0.15, 0.2) is 0 Å². The van der Waals surface area contributed by atoms with Gasteiger partial charge in [0.2, 0.25) is 5.91 Å². The van der Waals surface area contributed by atoms with Crippen LogP contribution < -0.4 is 0 Å². The lowest BCUT2D eigenvalue weighted by Crippen LogP contribution is -2.43. The molecule has 0 aliphatic heterocycles. The highest BCUT2D eigenvalue weighted by atomic mass is 35.5. The van der Waals surface area contributed by atoms with Crippen molar-refractivity contribution in [3.05, 3.63) is 58.9 Å². The number of nitrogens with zero attached hydrogens (tertiary/aromatic N) is 3. The number of carbonyl (C=O) groups is 2. The summed E-state index contributed by atoms with van der Waals surface area (Å²) in [5.41, 5.74) is 1.63. The number of unbranched alkanes of at least 4 members (excludes halogenated alkanes) is 1. The van der Waals surface area contributed by atoms with Crippen LogP contribution in [0, 0.1) is 0 Å². The van der Waals surface area contributed by atoms with E-state index in [1.807, 2.05) is 41.8 Å². The highest BCUT2D eigenvalue weighted by molar-refractivity contribution is 6.30. The smallest absolute Gasteiger partial charge is 0.254 e. The summed E-state index contributed by atoms with van der Waals surface area (Å²) < 4.78 is 2.02. The molecular formula is C22H30ClN3O2. The molecule has 0 bridgehead atoms. The van der Waals surface area contributed by atoms with Gasteiger partial charge in [0.25, 0.3) is 5.91 Å². The van der Waals surface area contributed by atoms with Gasteiger partial charge in [0.1, 0.15) is 6.54 Å². The summed E-state index contributed by atoms with van der Waals surface area (Å²) in [6, 6.07) is 10.8. The molecule has 0 unspecified atom stereocenters. The van der Waals surface area contributed by atoms with Crippen molar-refractivity contribution in [1.29, 1.82) is 0 Å². The number of benzene rings is 1. The summed E-state index contributed by atoms with van der Waals surface area (Å²) in [5, 5.41) is 0.586. The van der Waals surface area contributed by atoms with E-state index in [-0.39, 0.29) is 18.4 Å². The Labute approximate surface area is 172 Å². The maximum absolute atomic E-state index is 13.1. The van der Waals surface area contributed by atoms with Gasteiger partial charge in [-0.15, -0.1) is 0 Å². The van der Waals surface area contributed by atoms with Gasteiger partial charge in [-0.2, -0.15) is 0 Å². The minimum Gasteiger partial charge on any atom is -0.353 e. The van der Waals surface area contributed by atoms with Crippen LogP contribution in [-0.4, -0.2) is 45.8 Å². The number of hydrogen-bond acceptors (Lipinski definition) is 2. The fraction of sp³-hybridized carbons (Fsp3) is 0.455. The number of rotatable bonds is 10. The first kappa shape index (κ1) is 22.0. The Bertz CT molecular complexity index is 770. The first-order valence-electron chi connectivity index (χ1n) is 9.89. The van der Waals surface area contributed by atoms with Crippen LogP contribution in [0.3, 0.4) is 0 Å². The minimum absolute atomic E-state index is 0.0228. The van der Waals surface area contributed by atoms with Gasteiger partial charge in [-0.05, 0) is 49.2 Å². The Kier molecular flexibility index (Phi) is 8.58. The van der Waals surface area contributed by atoms with Gasteiger partial charge in [-0.1, -0.05) is 31.9 Å². The van der Waals surface area contributed by atoms with Crippen molar-refractivity contribution in [3.8, 4) is 0 Å². The molecule has 1 heterocycles. The number of aryl methyl sites for hydroxylation is 1. The van der Waals surface area contributed by atoms with Crippen LogP contribution in [0.5, 0.6) is 0 Å². The van der Waals surface area contributed by atoms with Crippen molar-refractivity contribution in [1.82, 2.24) is 14.4 Å². The quantitative estimate of drug-likeness (QED) is 0.591. The molecule has 0 aliphatic carbocycles. The van der Waals surface area contributed by atoms with Crippen molar-refractivity contribution >= 4 is 23.4 Å². The molecule has 0 N–H and O–H groups in total. The molecule has 2 amide bonds. The number of amides is 2. The molecule has 28 heavy (non-hydrogen) atoms. The number of halogens is 1. The van der Waals surface area contributed by atoms with E-state index in [0.29, 0.717) is 30.2 Å². The third-order valence-corrected chi connectivity index (χ3v) is 4.99.